The molecule has 1 aliphatic rings. The first-order valence-corrected chi connectivity index (χ1v) is 6.68. The number of likely N-dealkylation sites (tertiary alicyclic amines) is 1. The Labute approximate surface area is 104 Å². The summed E-state index contributed by atoms with van der Waals surface area (Å²) in [6.07, 6.45) is 4.89. The smallest absolute Gasteiger partial charge is 0.237 e. The van der Waals surface area contributed by atoms with E-state index in [9.17, 15) is 9.59 Å². The molecule has 1 heterocycles. The second kappa shape index (κ2) is 7.43. The van der Waals surface area contributed by atoms with E-state index in [0.717, 1.165) is 38.8 Å². The highest BCUT2D eigenvalue weighted by Crippen LogP contribution is 2.09. The molecule has 4 nitrogen and oxygen atoms in total. The molecule has 0 aromatic carbocycles. The predicted molar refractivity (Wildman–Crippen MR) is 67.8 cm³/mol. The number of carbonyl (C=O) groups is 2. The molecule has 1 amide bonds. The highest BCUT2D eigenvalue weighted by Gasteiger charge is 2.25. The lowest BCUT2D eigenvalue weighted by atomic mass is 10.1. The molecule has 1 saturated heterocycles. The van der Waals surface area contributed by atoms with Gasteiger partial charge in [-0.2, -0.15) is 0 Å². The van der Waals surface area contributed by atoms with E-state index in [1.165, 1.54) is 0 Å². The number of nitrogens with zero attached hydrogens (tertiary/aromatic N) is 1. The van der Waals surface area contributed by atoms with Crippen molar-refractivity contribution < 1.29 is 9.59 Å². The van der Waals surface area contributed by atoms with Crippen LogP contribution in [0.1, 0.15) is 46.0 Å². The zero-order chi connectivity index (χ0) is 12.7. The van der Waals surface area contributed by atoms with E-state index in [-0.39, 0.29) is 17.7 Å². The summed E-state index contributed by atoms with van der Waals surface area (Å²) in [4.78, 5) is 25.1. The standard InChI is InChI=1S/C13H24N2O2/c1-3-4-5-8-14-13(17)11(2)15-9-6-7-12(16)10-15/h11H,3-10H2,1-2H3,(H,14,17). The molecule has 1 aliphatic heterocycles. The van der Waals surface area contributed by atoms with Crippen LogP contribution in [-0.2, 0) is 9.59 Å². The summed E-state index contributed by atoms with van der Waals surface area (Å²) >= 11 is 0. The molecule has 1 rings (SSSR count). The third kappa shape index (κ3) is 4.86. The van der Waals surface area contributed by atoms with Gasteiger partial charge in [0.1, 0.15) is 5.78 Å². The van der Waals surface area contributed by atoms with Gasteiger partial charge in [-0.1, -0.05) is 19.8 Å². The molecule has 0 aromatic rings. The predicted octanol–water partition coefficient (Wildman–Crippen LogP) is 1.35. The van der Waals surface area contributed by atoms with E-state index < -0.39 is 0 Å². The molecule has 98 valence electrons. The number of ketones is 1. The van der Waals surface area contributed by atoms with Gasteiger partial charge in [0.25, 0.3) is 0 Å². The van der Waals surface area contributed by atoms with Crippen LogP contribution in [0.3, 0.4) is 0 Å². The van der Waals surface area contributed by atoms with E-state index in [1.54, 1.807) is 0 Å². The second-order valence-electron chi connectivity index (χ2n) is 4.79. The largest absolute Gasteiger partial charge is 0.355 e. The number of Topliss-reactive ketones (excluding diaryl/α,β-unsaturated/α-hetero) is 1. The summed E-state index contributed by atoms with van der Waals surface area (Å²) in [7, 11) is 0. The number of unbranched alkanes of at least 4 members (excludes halogenated alkanes) is 2. The molecular weight excluding hydrogens is 216 g/mol. The topological polar surface area (TPSA) is 49.4 Å². The maximum absolute atomic E-state index is 11.8. The van der Waals surface area contributed by atoms with Gasteiger partial charge in [0, 0.05) is 13.0 Å². The Morgan fingerprint density at radius 2 is 2.24 bits per heavy atom. The monoisotopic (exact) mass is 240 g/mol. The lowest BCUT2D eigenvalue weighted by molar-refractivity contribution is -0.129. The second-order valence-corrected chi connectivity index (χ2v) is 4.79. The van der Waals surface area contributed by atoms with Gasteiger partial charge in [-0.15, -0.1) is 0 Å². The Morgan fingerprint density at radius 1 is 1.47 bits per heavy atom. The molecular formula is C13H24N2O2. The Kier molecular flexibility index (Phi) is 6.19. The summed E-state index contributed by atoms with van der Waals surface area (Å²) in [6, 6.07) is -0.180. The van der Waals surface area contributed by atoms with Crippen LogP contribution in [0.15, 0.2) is 0 Å². The van der Waals surface area contributed by atoms with Crippen molar-refractivity contribution in [3.8, 4) is 0 Å². The van der Waals surface area contributed by atoms with Gasteiger partial charge in [-0.3, -0.25) is 14.5 Å². The van der Waals surface area contributed by atoms with Gasteiger partial charge in [-0.05, 0) is 26.3 Å². The maximum Gasteiger partial charge on any atom is 0.237 e. The van der Waals surface area contributed by atoms with Gasteiger partial charge >= 0.3 is 0 Å². The molecule has 17 heavy (non-hydrogen) atoms. The number of nitrogens with one attached hydrogen (secondary N) is 1. The lowest BCUT2D eigenvalue weighted by Crippen LogP contribution is -2.49. The summed E-state index contributed by atoms with van der Waals surface area (Å²) in [5.41, 5.74) is 0. The summed E-state index contributed by atoms with van der Waals surface area (Å²) in [6.45, 7) is 6.06. The Balaban J connectivity index is 2.27. The van der Waals surface area contributed by atoms with Crippen molar-refractivity contribution in [3.63, 3.8) is 0 Å². The average molecular weight is 240 g/mol. The molecule has 1 unspecified atom stereocenters. The fourth-order valence-corrected chi connectivity index (χ4v) is 2.09. The van der Waals surface area contributed by atoms with E-state index >= 15 is 0 Å². The molecule has 0 spiro atoms. The van der Waals surface area contributed by atoms with Crippen molar-refractivity contribution in [2.24, 2.45) is 0 Å². The van der Waals surface area contributed by atoms with Crippen molar-refractivity contribution in [3.05, 3.63) is 0 Å². The first kappa shape index (κ1) is 14.2. The third-order valence-corrected chi connectivity index (χ3v) is 3.29. The number of carbonyl (C=O) groups excluding carboxylic acids is 2. The van der Waals surface area contributed by atoms with Gasteiger partial charge in [-0.25, -0.2) is 0 Å². The zero-order valence-corrected chi connectivity index (χ0v) is 11.0. The molecule has 1 atom stereocenters. The van der Waals surface area contributed by atoms with Crippen molar-refractivity contribution in [2.75, 3.05) is 19.6 Å². The number of hydrogen-bond acceptors (Lipinski definition) is 3. The molecule has 0 aliphatic carbocycles. The molecule has 1 N–H and O–H groups in total. The van der Waals surface area contributed by atoms with Gasteiger partial charge < -0.3 is 5.32 Å². The van der Waals surface area contributed by atoms with Crippen LogP contribution in [0.2, 0.25) is 0 Å². The minimum Gasteiger partial charge on any atom is -0.355 e. The van der Waals surface area contributed by atoms with E-state index in [4.69, 9.17) is 0 Å². The molecule has 4 heteroatoms. The Morgan fingerprint density at radius 3 is 2.88 bits per heavy atom. The number of piperidine rings is 1. The maximum atomic E-state index is 11.8. The number of amides is 1. The summed E-state index contributed by atoms with van der Waals surface area (Å²) in [5, 5.41) is 2.94. The third-order valence-electron chi connectivity index (χ3n) is 3.29. The molecule has 0 saturated carbocycles. The van der Waals surface area contributed by atoms with Crippen LogP contribution in [0, 0.1) is 0 Å². The Bertz CT molecular complexity index is 266. The molecule has 0 aromatic heterocycles. The average Bonchev–Trinajstić information content (AvgIpc) is 2.33. The first-order chi connectivity index (χ1) is 8.15. The van der Waals surface area contributed by atoms with Crippen LogP contribution in [0.25, 0.3) is 0 Å². The minimum atomic E-state index is -0.180. The van der Waals surface area contributed by atoms with Gasteiger partial charge in [0.2, 0.25) is 5.91 Å². The van der Waals surface area contributed by atoms with Crippen molar-refractivity contribution in [1.29, 1.82) is 0 Å². The first-order valence-electron chi connectivity index (χ1n) is 6.68. The van der Waals surface area contributed by atoms with Crippen LogP contribution >= 0.6 is 0 Å². The highest BCUT2D eigenvalue weighted by atomic mass is 16.2. The quantitative estimate of drug-likeness (QED) is 0.713. The van der Waals surface area contributed by atoms with Crippen molar-refractivity contribution in [1.82, 2.24) is 10.2 Å². The van der Waals surface area contributed by atoms with E-state index in [2.05, 4.69) is 12.2 Å². The SMILES string of the molecule is CCCCCNC(=O)C(C)N1CCCC(=O)C1. The fourth-order valence-electron chi connectivity index (χ4n) is 2.09. The van der Waals surface area contributed by atoms with E-state index in [1.807, 2.05) is 11.8 Å². The molecule has 1 fully saturated rings. The van der Waals surface area contributed by atoms with Gasteiger partial charge in [0.05, 0.1) is 12.6 Å². The lowest BCUT2D eigenvalue weighted by Gasteiger charge is -2.30. The summed E-state index contributed by atoms with van der Waals surface area (Å²) in [5.74, 6) is 0.303. The van der Waals surface area contributed by atoms with Crippen LogP contribution in [0.5, 0.6) is 0 Å². The summed E-state index contributed by atoms with van der Waals surface area (Å²) < 4.78 is 0. The van der Waals surface area contributed by atoms with Crippen molar-refractivity contribution in [2.45, 2.75) is 52.0 Å². The highest BCUT2D eigenvalue weighted by molar-refractivity contribution is 5.84. The molecule has 0 radical (unpaired) electrons. The van der Waals surface area contributed by atoms with Crippen LogP contribution in [-0.4, -0.2) is 42.3 Å². The molecule has 0 bridgehead atoms. The zero-order valence-electron chi connectivity index (χ0n) is 11.0. The van der Waals surface area contributed by atoms with Crippen LogP contribution in [0.4, 0.5) is 0 Å². The van der Waals surface area contributed by atoms with Crippen LogP contribution < -0.4 is 5.32 Å². The number of rotatable bonds is 6. The van der Waals surface area contributed by atoms with Gasteiger partial charge in [0.15, 0.2) is 0 Å². The minimum absolute atomic E-state index is 0.0517. The van der Waals surface area contributed by atoms with Crippen molar-refractivity contribution >= 4 is 11.7 Å². The Hall–Kier alpha value is -0.900. The van der Waals surface area contributed by atoms with E-state index in [0.29, 0.717) is 13.0 Å². The fraction of sp³-hybridized carbons (Fsp3) is 0.846. The number of hydrogen-bond donors (Lipinski definition) is 1. The normalized spacial score (nSPS) is 19.1.